The van der Waals surface area contributed by atoms with Crippen LogP contribution in [0.2, 0.25) is 0 Å². The number of hydrogen-bond acceptors (Lipinski definition) is 18. The molecule has 6 unspecified atom stereocenters. The largest absolute Gasteiger partial charge is 0.497 e. The summed E-state index contributed by atoms with van der Waals surface area (Å²) in [6.45, 7) is 15.5. The van der Waals surface area contributed by atoms with Crippen LogP contribution in [0.1, 0.15) is 268 Å². The van der Waals surface area contributed by atoms with Gasteiger partial charge in [0, 0.05) is 186 Å². The number of fused-ring (bicyclic) bond motifs is 27. The molecule has 138 heavy (non-hydrogen) atoms. The zero-order valence-corrected chi connectivity index (χ0v) is 82.5. The second kappa shape index (κ2) is 34.0. The maximum absolute atomic E-state index is 14.9. The first kappa shape index (κ1) is 91.6. The van der Waals surface area contributed by atoms with Crippen molar-refractivity contribution < 1.29 is 68.2 Å². The van der Waals surface area contributed by atoms with Gasteiger partial charge in [0.25, 0.3) is 38.1 Å². The highest BCUT2D eigenvalue weighted by atomic mass is 32.2. The Morgan fingerprint density at radius 1 is 0.406 bits per heavy atom. The normalized spacial score (nSPS) is 27.8. The minimum absolute atomic E-state index is 0.0639. The topological polar surface area (TPSA) is 355 Å². The van der Waals surface area contributed by atoms with Crippen molar-refractivity contribution in [3.05, 3.63) is 159 Å². The number of benzene rings is 6. The fraction of sp³-hybridized carbons (Fsp3) is 0.547. The molecule has 12 atom stereocenters. The van der Waals surface area contributed by atoms with Gasteiger partial charge in [-0.25, -0.2) is 32.9 Å². The maximum Gasteiger partial charge on any atom is 0.298 e. The number of aromatic nitrogens is 3. The van der Waals surface area contributed by atoms with E-state index in [9.17, 15) is 54.0 Å². The molecule has 6 bridgehead atoms. The van der Waals surface area contributed by atoms with Gasteiger partial charge in [0.05, 0.1) is 59.9 Å². The zero-order chi connectivity index (χ0) is 95.6. The number of likely N-dealkylation sites (N-methyl/N-ethyl adjacent to an activating group) is 2. The standard InChI is InChI=1S/C36H45N5O5S.C36H42N4O5S.C34H41N5O5S/c1-21(2)17-39-18-25-14-24(39)19-40(25)35(43)36-16-30(36)29-15-26(46-3)10-12-27(29)33-32(22-7-5-4-6-8-22)28-11-9-23(13-31(28)41(33)20-36)34(42)38-47(37,44)45;1-38-18-24-15-23(38)19-39(24)35(42)36-17-30(36)29-16-25(45-2)9-13-27(29)33-32(21-6-4-3-5-7-21)28-12-8-22(14-31(28)40(33)20-36)34(41)37-46(43,44)26-10-11-26;1-3-37-17-23-14-22(37)18-38(23)33(41)34-16-28(34)27-15-24(44-2)10-12-25(27)31-30(20-7-5-4-6-8-20)26-11-9-21(13-29(26)39(31)19-34)32(40)36-45(35,42)43/h9-13,15,21-22,24-25,30H,4-8,14,16-20H2,1-3H3,(H,38,42)(H2,37,44,45);8-9,12-14,16,21,23-24,26,30H,3-7,10-11,15,17-20H2,1-2H3,(H,37,41);9-13,15,20,22-23,28H,3-8,14,16-19H2,1-2H3,(H,36,40)(H2,35,42,43)/t24-,25-,30?,36?;23-,24-,30?,36?;22-,23-,28?,34?/m101/s1. The summed E-state index contributed by atoms with van der Waals surface area (Å²) in [5, 5.41) is 13.1. The van der Waals surface area contributed by atoms with E-state index in [-0.39, 0.29) is 64.7 Å². The third-order valence-corrected chi connectivity index (χ3v) is 38.1. The van der Waals surface area contributed by atoms with Gasteiger partial charge in [0.1, 0.15) is 17.2 Å². The maximum atomic E-state index is 14.9. The lowest BCUT2D eigenvalue weighted by Gasteiger charge is -2.37. The lowest BCUT2D eigenvalue weighted by Crippen LogP contribution is -2.52. The van der Waals surface area contributed by atoms with E-state index in [4.69, 9.17) is 24.5 Å². The number of nitrogens with two attached hydrogens (primary N) is 2. The predicted molar refractivity (Wildman–Crippen MR) is 527 cm³/mol. The molecule has 3 aromatic heterocycles. The van der Waals surface area contributed by atoms with Crippen molar-refractivity contribution in [2.45, 2.75) is 265 Å². The molecular formula is C106H128N14O15S3. The Bertz CT molecular complexity index is 6940. The molecule has 6 amide bonds. The van der Waals surface area contributed by atoms with E-state index in [0.717, 1.165) is 237 Å². The molecule has 25 rings (SSSR count). The number of likely N-dealkylation sites (tertiary alicyclic amines) is 6. The van der Waals surface area contributed by atoms with Gasteiger partial charge in [0.2, 0.25) is 27.7 Å². The van der Waals surface area contributed by atoms with Crippen LogP contribution in [0.4, 0.5) is 0 Å². The van der Waals surface area contributed by atoms with Crippen molar-refractivity contribution in [1.29, 1.82) is 0 Å². The molecule has 9 aromatic rings. The number of rotatable bonds is 19. The van der Waals surface area contributed by atoms with Gasteiger partial charge in [-0.05, 0) is 252 Å². The molecule has 6 saturated heterocycles. The lowest BCUT2D eigenvalue weighted by molar-refractivity contribution is -0.141. The number of sulfonamides is 1. The molecule has 0 spiro atoms. The Morgan fingerprint density at radius 3 is 1.04 bits per heavy atom. The molecule has 0 radical (unpaired) electrons. The molecule has 7 aliphatic carbocycles. The number of amides is 6. The Hall–Kier alpha value is -10.2. The van der Waals surface area contributed by atoms with Gasteiger partial charge < -0.3 is 42.6 Å². The van der Waals surface area contributed by atoms with Crippen LogP contribution < -0.4 is 38.7 Å². The van der Waals surface area contributed by atoms with E-state index in [0.29, 0.717) is 79.8 Å². The third-order valence-electron chi connectivity index (χ3n) is 35.3. The van der Waals surface area contributed by atoms with Crippen LogP contribution in [0.3, 0.4) is 0 Å². The summed E-state index contributed by atoms with van der Waals surface area (Å²) in [6.07, 6.45) is 23.9. The van der Waals surface area contributed by atoms with Crippen molar-refractivity contribution in [3.63, 3.8) is 0 Å². The highest BCUT2D eigenvalue weighted by Gasteiger charge is 2.69. The lowest BCUT2D eigenvalue weighted by atomic mass is 9.81. The highest BCUT2D eigenvalue weighted by molar-refractivity contribution is 7.91. The summed E-state index contributed by atoms with van der Waals surface area (Å²) in [6, 6.07) is 37.5. The second-order valence-electron chi connectivity index (χ2n) is 43.8. The summed E-state index contributed by atoms with van der Waals surface area (Å²) in [7, 11) is -4.90. The number of nitrogens with zero attached hydrogens (tertiary/aromatic N) is 9. The quantitative estimate of drug-likeness (QED) is 0.0502. The molecule has 29 nitrogen and oxygen atoms in total. The first-order valence-electron chi connectivity index (χ1n) is 50.7. The van der Waals surface area contributed by atoms with E-state index in [1.54, 1.807) is 51.7 Å². The van der Waals surface area contributed by atoms with Crippen LogP contribution in [-0.2, 0) is 64.5 Å². The molecule has 9 aliphatic heterocycles. The van der Waals surface area contributed by atoms with Crippen LogP contribution in [0.25, 0.3) is 66.5 Å². The summed E-state index contributed by atoms with van der Waals surface area (Å²) in [5.74, 6) is 2.88. The minimum Gasteiger partial charge on any atom is -0.497 e. The number of carbonyl (C=O) groups is 6. The Kier molecular flexibility index (Phi) is 22.6. The highest BCUT2D eigenvalue weighted by Crippen LogP contribution is 2.71. The third kappa shape index (κ3) is 15.5. The number of carbonyl (C=O) groups excluding carboxylic acids is 6. The van der Waals surface area contributed by atoms with Crippen molar-refractivity contribution in [2.75, 3.05) is 80.7 Å². The number of piperazine rings is 3. The summed E-state index contributed by atoms with van der Waals surface area (Å²) in [4.78, 5) is 97.8. The summed E-state index contributed by atoms with van der Waals surface area (Å²) < 4.78 is 103. The molecule has 16 aliphatic rings. The fourth-order valence-corrected chi connectivity index (χ4v) is 30.4. The molecule has 13 fully saturated rings. The predicted octanol–water partition coefficient (Wildman–Crippen LogP) is 13.8. The van der Waals surface area contributed by atoms with E-state index in [1.165, 1.54) is 67.2 Å². The smallest absolute Gasteiger partial charge is 0.298 e. The number of hydrogen-bond donors (Lipinski definition) is 5. The van der Waals surface area contributed by atoms with Crippen molar-refractivity contribution >= 4 is 98.6 Å². The summed E-state index contributed by atoms with van der Waals surface area (Å²) >= 11 is 0. The Morgan fingerprint density at radius 2 is 0.739 bits per heavy atom. The van der Waals surface area contributed by atoms with Crippen LogP contribution in [-0.4, -0.2) is 226 Å². The van der Waals surface area contributed by atoms with Crippen LogP contribution in [0, 0.1) is 22.2 Å². The van der Waals surface area contributed by atoms with Gasteiger partial charge in [-0.2, -0.15) is 16.8 Å². The summed E-state index contributed by atoms with van der Waals surface area (Å²) in [5.41, 5.74) is 15.8. The molecule has 12 heterocycles. The molecule has 7 saturated carbocycles. The first-order chi connectivity index (χ1) is 66.3. The van der Waals surface area contributed by atoms with Crippen molar-refractivity contribution in [1.82, 2.24) is 57.3 Å². The first-order valence-corrected chi connectivity index (χ1v) is 55.3. The Balaban J connectivity index is 0.000000116. The molecule has 32 heteroatoms. The van der Waals surface area contributed by atoms with Crippen LogP contribution in [0.5, 0.6) is 17.2 Å². The molecule has 7 N–H and O–H groups in total. The second-order valence-corrected chi connectivity index (χ2v) is 48.4. The molecular weight excluding hydrogens is 1810 g/mol. The van der Waals surface area contributed by atoms with Gasteiger partial charge in [0.15, 0.2) is 0 Å². The van der Waals surface area contributed by atoms with Crippen molar-refractivity contribution in [2.24, 2.45) is 32.4 Å². The monoisotopic (exact) mass is 1930 g/mol. The van der Waals surface area contributed by atoms with Crippen LogP contribution in [0.15, 0.2) is 109 Å². The van der Waals surface area contributed by atoms with Gasteiger partial charge in [-0.15, -0.1) is 0 Å². The average molecular weight is 1930 g/mol. The Labute approximate surface area is 807 Å². The molecule has 730 valence electrons. The van der Waals surface area contributed by atoms with Crippen molar-refractivity contribution in [3.8, 4) is 51.0 Å². The van der Waals surface area contributed by atoms with E-state index in [2.05, 4.69) is 112 Å². The molecule has 6 aromatic carbocycles. The average Bonchev–Trinajstić information content (AvgIpc) is 1.52. The van der Waals surface area contributed by atoms with Crippen LogP contribution >= 0.6 is 0 Å². The number of ether oxygens (including phenoxy) is 3. The minimum atomic E-state index is -4.23. The van der Waals surface area contributed by atoms with E-state index >= 15 is 0 Å². The number of nitrogens with one attached hydrogen (secondary N) is 3. The number of methoxy groups -OCH3 is 3. The fourth-order valence-electron chi connectivity index (χ4n) is 28.3. The van der Waals surface area contributed by atoms with Gasteiger partial charge in [-0.3, -0.25) is 43.5 Å². The van der Waals surface area contributed by atoms with E-state index < -0.39 is 69.7 Å². The SMILES string of the molecule is CCN1C[C@H]2C[C@@H]1CN2C(=O)C12CC1c1cc(OC)ccc1-c1c(C3CCCCC3)c3ccc(C(=O)NS(N)(=O)=O)cc3n1C2.COc1ccc2c(c1)C1CC1(C(=O)N1C[C@@H]3C[C@H]1CN3C)Cn1c-2c(C2CCCCC2)c2ccc(C(=O)NS(=O)(=O)C3CC3)cc21.COc1ccc2c(c1)C1CC1(C(=O)N1C[C@H]3C[C@@H]1CN3CC(C)C)Cn1c-2c(C2CCCCC2)c2ccc(C(=O)NS(N)(=O)=O)cc21. The van der Waals surface area contributed by atoms with Gasteiger partial charge in [-0.1, -0.05) is 96.8 Å². The van der Waals surface area contributed by atoms with E-state index in [1.807, 2.05) is 51.9 Å². The zero-order valence-electron chi connectivity index (χ0n) is 80.0. The van der Waals surface area contributed by atoms with Gasteiger partial charge >= 0.3 is 0 Å².